The van der Waals surface area contributed by atoms with Gasteiger partial charge in [-0.1, -0.05) is 30.3 Å². The summed E-state index contributed by atoms with van der Waals surface area (Å²) in [6.07, 6.45) is -4.22. The number of nitrogens with zero attached hydrogens (tertiary/aromatic N) is 1. The van der Waals surface area contributed by atoms with Crippen LogP contribution in [0.1, 0.15) is 12.0 Å². The highest BCUT2D eigenvalue weighted by Gasteiger charge is 2.41. The Morgan fingerprint density at radius 3 is 2.61 bits per heavy atom. The maximum absolute atomic E-state index is 12.2. The lowest BCUT2D eigenvalue weighted by molar-refractivity contribution is -0.141. The number of carbonyl (C=O) groups is 2. The van der Waals surface area contributed by atoms with Gasteiger partial charge in [0.2, 0.25) is 0 Å². The van der Waals surface area contributed by atoms with Crippen molar-refractivity contribution in [1.29, 1.82) is 0 Å². The summed E-state index contributed by atoms with van der Waals surface area (Å²) in [5.74, 6) is -1.22. The van der Waals surface area contributed by atoms with E-state index < -0.39 is 37.2 Å². The molecule has 1 N–H and O–H groups in total. The van der Waals surface area contributed by atoms with E-state index >= 15 is 0 Å². The van der Waals surface area contributed by atoms with Crippen LogP contribution >= 0.6 is 0 Å². The summed E-state index contributed by atoms with van der Waals surface area (Å²) < 4.78 is 34.3. The zero-order valence-electron chi connectivity index (χ0n) is 12.2. The van der Waals surface area contributed by atoms with Crippen LogP contribution in [0.15, 0.2) is 30.3 Å². The normalized spacial score (nSPS) is 20.7. The van der Waals surface area contributed by atoms with Crippen molar-refractivity contribution in [2.75, 3.05) is 13.2 Å². The van der Waals surface area contributed by atoms with Crippen molar-refractivity contribution < 1.29 is 33.0 Å². The number of carboxylic acid groups (broad SMARTS) is 1. The average molecular weight is 329 g/mol. The van der Waals surface area contributed by atoms with Gasteiger partial charge in [0.1, 0.15) is 19.3 Å². The highest BCUT2D eigenvalue weighted by Crippen LogP contribution is 2.22. The molecule has 1 aromatic carbocycles. The van der Waals surface area contributed by atoms with E-state index in [1.807, 2.05) is 6.07 Å². The van der Waals surface area contributed by atoms with Gasteiger partial charge < -0.3 is 14.6 Å². The van der Waals surface area contributed by atoms with E-state index in [1.54, 1.807) is 24.3 Å². The third kappa shape index (κ3) is 4.88. The minimum absolute atomic E-state index is 0.00503. The van der Waals surface area contributed by atoms with Crippen molar-refractivity contribution in [1.82, 2.24) is 4.90 Å². The molecule has 1 heterocycles. The number of hydrogen-bond donors (Lipinski definition) is 1. The number of likely N-dealkylation sites (tertiary alicyclic amines) is 1. The third-order valence-electron chi connectivity index (χ3n) is 3.45. The second-order valence-electron chi connectivity index (χ2n) is 5.13. The molecular weight excluding hydrogens is 312 g/mol. The summed E-state index contributed by atoms with van der Waals surface area (Å²) in [7, 11) is 0. The summed E-state index contributed by atoms with van der Waals surface area (Å²) in [6.45, 7) is -0.869. The van der Waals surface area contributed by atoms with Crippen LogP contribution in [0, 0.1) is 0 Å². The molecule has 0 radical (unpaired) electrons. The molecule has 2 atom stereocenters. The predicted octanol–water partition coefficient (Wildman–Crippen LogP) is 2.13. The van der Waals surface area contributed by atoms with Crippen molar-refractivity contribution >= 4 is 12.1 Å². The number of rotatable bonds is 6. The lowest BCUT2D eigenvalue weighted by atomic mass is 10.2. The lowest BCUT2D eigenvalue weighted by Gasteiger charge is -2.20. The van der Waals surface area contributed by atoms with Crippen molar-refractivity contribution in [3.63, 3.8) is 0 Å². The first-order valence-corrected chi connectivity index (χ1v) is 7.07. The molecule has 126 valence electrons. The Bertz CT molecular complexity index is 540. The highest BCUT2D eigenvalue weighted by atomic mass is 19.3. The van der Waals surface area contributed by atoms with E-state index in [4.69, 9.17) is 14.6 Å². The largest absolute Gasteiger partial charge is 0.480 e. The molecule has 0 aliphatic carbocycles. The Hall–Kier alpha value is -2.22. The number of benzene rings is 1. The maximum Gasteiger partial charge on any atom is 0.410 e. The van der Waals surface area contributed by atoms with Crippen LogP contribution in [-0.4, -0.2) is 53.8 Å². The number of halogens is 2. The molecule has 0 saturated carbocycles. The number of hydrogen-bond acceptors (Lipinski definition) is 4. The molecule has 23 heavy (non-hydrogen) atoms. The highest BCUT2D eigenvalue weighted by molar-refractivity contribution is 5.80. The fraction of sp³-hybridized carbons (Fsp3) is 0.467. The van der Waals surface area contributed by atoms with Gasteiger partial charge in [-0.3, -0.25) is 4.90 Å². The number of alkyl halides is 2. The first-order chi connectivity index (χ1) is 11.0. The molecule has 0 aromatic heterocycles. The first kappa shape index (κ1) is 17.1. The van der Waals surface area contributed by atoms with E-state index in [2.05, 4.69) is 0 Å². The van der Waals surface area contributed by atoms with E-state index in [0.717, 1.165) is 10.5 Å². The SMILES string of the molecule is O=C(O)C1CC(OCC(F)F)CN1C(=O)OCc1ccccc1. The van der Waals surface area contributed by atoms with Crippen molar-refractivity contribution in [3.8, 4) is 0 Å². The molecule has 0 bridgehead atoms. The summed E-state index contributed by atoms with van der Waals surface area (Å²) in [5.41, 5.74) is 0.762. The molecule has 1 aromatic rings. The zero-order chi connectivity index (χ0) is 16.8. The fourth-order valence-corrected chi connectivity index (χ4v) is 2.37. The maximum atomic E-state index is 12.2. The predicted molar refractivity (Wildman–Crippen MR) is 75.1 cm³/mol. The van der Waals surface area contributed by atoms with Gasteiger partial charge in [0.25, 0.3) is 6.43 Å². The van der Waals surface area contributed by atoms with Crippen LogP contribution in [-0.2, 0) is 20.9 Å². The molecule has 0 spiro atoms. The number of aliphatic carboxylic acids is 1. The van der Waals surface area contributed by atoms with Crippen LogP contribution in [0.4, 0.5) is 13.6 Å². The number of carbonyl (C=O) groups excluding carboxylic acids is 1. The quantitative estimate of drug-likeness (QED) is 0.865. The molecule has 1 amide bonds. The smallest absolute Gasteiger partial charge is 0.410 e. The minimum Gasteiger partial charge on any atom is -0.480 e. The van der Waals surface area contributed by atoms with Crippen LogP contribution in [0.5, 0.6) is 0 Å². The number of amides is 1. The van der Waals surface area contributed by atoms with Gasteiger partial charge in [0, 0.05) is 6.42 Å². The monoisotopic (exact) mass is 329 g/mol. The van der Waals surface area contributed by atoms with Crippen LogP contribution in [0.25, 0.3) is 0 Å². The van der Waals surface area contributed by atoms with Crippen LogP contribution < -0.4 is 0 Å². The fourth-order valence-electron chi connectivity index (χ4n) is 2.37. The Labute approximate surface area is 131 Å². The van der Waals surface area contributed by atoms with E-state index in [1.165, 1.54) is 0 Å². The molecule has 8 heteroatoms. The lowest BCUT2D eigenvalue weighted by Crippen LogP contribution is -2.40. The Morgan fingerprint density at radius 2 is 2.00 bits per heavy atom. The minimum atomic E-state index is -2.64. The van der Waals surface area contributed by atoms with Crippen molar-refractivity contribution in [3.05, 3.63) is 35.9 Å². The second kappa shape index (κ2) is 7.87. The summed E-state index contributed by atoms with van der Waals surface area (Å²) in [4.78, 5) is 24.3. The van der Waals surface area contributed by atoms with E-state index in [0.29, 0.717) is 0 Å². The van der Waals surface area contributed by atoms with Crippen molar-refractivity contribution in [2.24, 2.45) is 0 Å². The topological polar surface area (TPSA) is 76.1 Å². The molecule has 6 nitrogen and oxygen atoms in total. The zero-order valence-corrected chi connectivity index (χ0v) is 12.2. The Morgan fingerprint density at radius 1 is 1.30 bits per heavy atom. The van der Waals surface area contributed by atoms with Gasteiger partial charge in [0.15, 0.2) is 0 Å². The molecule has 2 rings (SSSR count). The van der Waals surface area contributed by atoms with Gasteiger partial charge in [-0.05, 0) is 5.56 Å². The molecule has 1 aliphatic rings. The molecule has 1 aliphatic heterocycles. The van der Waals surface area contributed by atoms with Crippen LogP contribution in [0.3, 0.4) is 0 Å². The molecule has 1 saturated heterocycles. The Kier molecular flexibility index (Phi) is 5.86. The van der Waals surface area contributed by atoms with E-state index in [-0.39, 0.29) is 19.6 Å². The number of carboxylic acids is 1. The summed E-state index contributed by atoms with van der Waals surface area (Å²) in [6, 6.07) is 7.78. The van der Waals surface area contributed by atoms with Gasteiger partial charge in [-0.2, -0.15) is 0 Å². The molecular formula is C15H17F2NO5. The van der Waals surface area contributed by atoms with Crippen LogP contribution in [0.2, 0.25) is 0 Å². The summed E-state index contributed by atoms with van der Waals surface area (Å²) in [5, 5.41) is 9.16. The standard InChI is InChI=1S/C15H17F2NO5/c16-13(17)9-22-11-6-12(14(19)20)18(7-11)15(21)23-8-10-4-2-1-3-5-10/h1-5,11-13H,6-9H2,(H,19,20). The van der Waals surface area contributed by atoms with Gasteiger partial charge in [-0.15, -0.1) is 0 Å². The third-order valence-corrected chi connectivity index (χ3v) is 3.45. The van der Waals surface area contributed by atoms with Gasteiger partial charge >= 0.3 is 12.1 Å². The number of ether oxygens (including phenoxy) is 2. The van der Waals surface area contributed by atoms with Crippen molar-refractivity contribution in [2.45, 2.75) is 31.6 Å². The summed E-state index contributed by atoms with van der Waals surface area (Å²) >= 11 is 0. The van der Waals surface area contributed by atoms with Gasteiger partial charge in [0.05, 0.1) is 12.6 Å². The first-order valence-electron chi connectivity index (χ1n) is 7.07. The second-order valence-corrected chi connectivity index (χ2v) is 5.13. The van der Waals surface area contributed by atoms with E-state index in [9.17, 15) is 18.4 Å². The average Bonchev–Trinajstić information content (AvgIpc) is 2.96. The molecule has 1 fully saturated rings. The van der Waals surface area contributed by atoms with Gasteiger partial charge in [-0.25, -0.2) is 18.4 Å². The Balaban J connectivity index is 1.92. The molecule has 2 unspecified atom stereocenters.